The second kappa shape index (κ2) is 7.39. The lowest BCUT2D eigenvalue weighted by Gasteiger charge is -2.33. The van der Waals surface area contributed by atoms with Gasteiger partial charge in [0.05, 0.1) is 5.92 Å². The molecule has 2 aliphatic rings. The fourth-order valence-electron chi connectivity index (χ4n) is 3.68. The summed E-state index contributed by atoms with van der Waals surface area (Å²) in [5.41, 5.74) is 2.10. The van der Waals surface area contributed by atoms with E-state index in [0.29, 0.717) is 25.3 Å². The second-order valence-corrected chi connectivity index (χ2v) is 7.25. The summed E-state index contributed by atoms with van der Waals surface area (Å²) in [4.78, 5) is 31.5. The molecule has 1 aromatic heterocycles. The molecule has 2 atom stereocenters. The molecule has 2 unspecified atom stereocenters. The summed E-state index contributed by atoms with van der Waals surface area (Å²) < 4.78 is 5.82. The van der Waals surface area contributed by atoms with Gasteiger partial charge in [-0.25, -0.2) is 4.98 Å². The number of rotatable bonds is 3. The fourth-order valence-corrected chi connectivity index (χ4v) is 3.68. The van der Waals surface area contributed by atoms with Crippen molar-refractivity contribution in [2.45, 2.75) is 32.3 Å². The number of nitrogens with one attached hydrogen (secondary N) is 1. The normalized spacial score (nSPS) is 21.3. The third-order valence-electron chi connectivity index (χ3n) is 5.19. The lowest BCUT2D eigenvalue weighted by molar-refractivity contribution is -0.140. The van der Waals surface area contributed by atoms with Crippen molar-refractivity contribution in [3.63, 3.8) is 0 Å². The first-order valence-electron chi connectivity index (χ1n) is 9.37. The van der Waals surface area contributed by atoms with Crippen LogP contribution in [0.1, 0.15) is 24.0 Å². The van der Waals surface area contributed by atoms with Gasteiger partial charge >= 0.3 is 0 Å². The van der Waals surface area contributed by atoms with E-state index in [4.69, 9.17) is 4.74 Å². The number of aromatic nitrogens is 1. The Labute approximate surface area is 158 Å². The molecule has 0 aliphatic carbocycles. The van der Waals surface area contributed by atoms with Gasteiger partial charge in [-0.3, -0.25) is 9.59 Å². The molecule has 0 spiro atoms. The molecular weight excluding hydrogens is 342 g/mol. The molecule has 1 saturated heterocycles. The van der Waals surface area contributed by atoms with Crippen LogP contribution in [0.15, 0.2) is 42.6 Å². The number of amides is 2. The number of piperidine rings is 1. The number of nitrogens with zero attached hydrogens (tertiary/aromatic N) is 2. The fraction of sp³-hybridized carbons (Fsp3) is 0.381. The van der Waals surface area contributed by atoms with Gasteiger partial charge in [0.1, 0.15) is 11.6 Å². The zero-order chi connectivity index (χ0) is 18.8. The van der Waals surface area contributed by atoms with Gasteiger partial charge in [0, 0.05) is 25.7 Å². The van der Waals surface area contributed by atoms with Gasteiger partial charge in [-0.05, 0) is 43.0 Å². The summed E-state index contributed by atoms with van der Waals surface area (Å²) in [6, 6.07) is 11.5. The van der Waals surface area contributed by atoms with Crippen molar-refractivity contribution < 1.29 is 14.3 Å². The van der Waals surface area contributed by atoms with E-state index in [9.17, 15) is 9.59 Å². The number of carbonyl (C=O) groups is 2. The van der Waals surface area contributed by atoms with Crippen LogP contribution in [-0.2, 0) is 16.0 Å². The van der Waals surface area contributed by atoms with Gasteiger partial charge in [0.15, 0.2) is 6.10 Å². The number of aryl methyl sites for hydroxylation is 1. The monoisotopic (exact) mass is 365 g/mol. The van der Waals surface area contributed by atoms with Crippen LogP contribution < -0.4 is 10.1 Å². The first-order valence-corrected chi connectivity index (χ1v) is 9.37. The van der Waals surface area contributed by atoms with Crippen molar-refractivity contribution in [3.05, 3.63) is 53.7 Å². The summed E-state index contributed by atoms with van der Waals surface area (Å²) in [5.74, 6) is 0.988. The molecular formula is C21H23N3O3. The molecule has 1 fully saturated rings. The number of para-hydroxylation sites is 1. The molecule has 6 heteroatoms. The van der Waals surface area contributed by atoms with E-state index in [1.54, 1.807) is 17.2 Å². The van der Waals surface area contributed by atoms with Crippen LogP contribution in [0.5, 0.6) is 5.75 Å². The molecule has 2 aliphatic heterocycles. The maximum atomic E-state index is 12.9. The predicted octanol–water partition coefficient (Wildman–Crippen LogP) is 2.57. The number of ether oxygens (including phenoxy) is 1. The quantitative estimate of drug-likeness (QED) is 0.907. The van der Waals surface area contributed by atoms with Gasteiger partial charge in [-0.2, -0.15) is 0 Å². The molecule has 27 heavy (non-hydrogen) atoms. The number of fused-ring (bicyclic) bond motifs is 1. The van der Waals surface area contributed by atoms with Gasteiger partial charge in [-0.1, -0.05) is 24.3 Å². The van der Waals surface area contributed by atoms with Crippen molar-refractivity contribution in [1.29, 1.82) is 0 Å². The second-order valence-electron chi connectivity index (χ2n) is 7.25. The van der Waals surface area contributed by atoms with E-state index in [2.05, 4.69) is 10.3 Å². The first kappa shape index (κ1) is 17.5. The highest BCUT2D eigenvalue weighted by atomic mass is 16.5. The summed E-state index contributed by atoms with van der Waals surface area (Å²) in [5, 5.41) is 2.86. The van der Waals surface area contributed by atoms with Crippen LogP contribution in [0.2, 0.25) is 0 Å². The molecule has 0 radical (unpaired) electrons. The average Bonchev–Trinajstić information content (AvgIpc) is 3.13. The minimum Gasteiger partial charge on any atom is -0.480 e. The van der Waals surface area contributed by atoms with E-state index in [1.165, 1.54) is 0 Å². The molecule has 4 rings (SSSR count). The number of likely N-dealkylation sites (tertiary alicyclic amines) is 1. The number of anilines is 1. The third kappa shape index (κ3) is 3.79. The van der Waals surface area contributed by atoms with E-state index < -0.39 is 6.10 Å². The van der Waals surface area contributed by atoms with Crippen molar-refractivity contribution in [2.24, 2.45) is 5.92 Å². The van der Waals surface area contributed by atoms with Gasteiger partial charge in [-0.15, -0.1) is 0 Å². The standard InChI is InChI=1S/C21H23N3O3/c1-14-8-9-19(22-12-14)23-20(25)16-6-4-10-24(13-16)21(26)18-11-15-5-2-3-7-17(15)27-18/h2-3,5,7-9,12,16,18H,4,6,10-11,13H2,1H3,(H,22,23,25). The Balaban J connectivity index is 1.37. The molecule has 3 heterocycles. The minimum absolute atomic E-state index is 0.0304. The van der Waals surface area contributed by atoms with Crippen LogP contribution in [0, 0.1) is 12.8 Å². The number of hydrogen-bond donors (Lipinski definition) is 1. The van der Waals surface area contributed by atoms with Crippen molar-refractivity contribution in [2.75, 3.05) is 18.4 Å². The Morgan fingerprint density at radius 1 is 1.22 bits per heavy atom. The van der Waals surface area contributed by atoms with Crippen molar-refractivity contribution in [3.8, 4) is 5.75 Å². The van der Waals surface area contributed by atoms with Crippen LogP contribution in [0.25, 0.3) is 0 Å². The van der Waals surface area contributed by atoms with Crippen LogP contribution in [-0.4, -0.2) is 40.9 Å². The van der Waals surface area contributed by atoms with E-state index in [0.717, 1.165) is 29.7 Å². The molecule has 2 amide bonds. The Bertz CT molecular complexity index is 825. The van der Waals surface area contributed by atoms with Gasteiger partial charge < -0.3 is 15.0 Å². The minimum atomic E-state index is -0.483. The van der Waals surface area contributed by atoms with E-state index in [-0.39, 0.29) is 17.7 Å². The van der Waals surface area contributed by atoms with Gasteiger partial charge in [0.25, 0.3) is 5.91 Å². The third-order valence-corrected chi connectivity index (χ3v) is 5.19. The van der Waals surface area contributed by atoms with Crippen molar-refractivity contribution >= 4 is 17.6 Å². The lowest BCUT2D eigenvalue weighted by Crippen LogP contribution is -2.48. The Hall–Kier alpha value is -2.89. The SMILES string of the molecule is Cc1ccc(NC(=O)C2CCCN(C(=O)C3Cc4ccccc4O3)C2)nc1. The summed E-state index contributed by atoms with van der Waals surface area (Å²) in [6.45, 7) is 3.04. The molecule has 6 nitrogen and oxygen atoms in total. The van der Waals surface area contributed by atoms with Crippen LogP contribution >= 0.6 is 0 Å². The summed E-state index contributed by atoms with van der Waals surface area (Å²) in [7, 11) is 0. The topological polar surface area (TPSA) is 71.5 Å². The lowest BCUT2D eigenvalue weighted by atomic mass is 9.96. The highest BCUT2D eigenvalue weighted by molar-refractivity contribution is 5.92. The van der Waals surface area contributed by atoms with Crippen LogP contribution in [0.4, 0.5) is 5.82 Å². The predicted molar refractivity (Wildman–Crippen MR) is 101 cm³/mol. The maximum absolute atomic E-state index is 12.9. The maximum Gasteiger partial charge on any atom is 0.264 e. The Kier molecular flexibility index (Phi) is 4.79. The van der Waals surface area contributed by atoms with E-state index >= 15 is 0 Å². The first-order chi connectivity index (χ1) is 13.1. The largest absolute Gasteiger partial charge is 0.480 e. The highest BCUT2D eigenvalue weighted by Gasteiger charge is 2.35. The molecule has 0 saturated carbocycles. The zero-order valence-electron chi connectivity index (χ0n) is 15.4. The molecule has 2 aromatic rings. The molecule has 140 valence electrons. The van der Waals surface area contributed by atoms with Gasteiger partial charge in [0.2, 0.25) is 5.91 Å². The summed E-state index contributed by atoms with van der Waals surface area (Å²) in [6.07, 6.45) is 3.41. The zero-order valence-corrected chi connectivity index (χ0v) is 15.4. The molecule has 0 bridgehead atoms. The van der Waals surface area contributed by atoms with Crippen LogP contribution in [0.3, 0.4) is 0 Å². The molecule has 1 N–H and O–H groups in total. The highest BCUT2D eigenvalue weighted by Crippen LogP contribution is 2.30. The van der Waals surface area contributed by atoms with Crippen molar-refractivity contribution in [1.82, 2.24) is 9.88 Å². The van der Waals surface area contributed by atoms with E-state index in [1.807, 2.05) is 37.3 Å². The number of carbonyl (C=O) groups excluding carboxylic acids is 2. The summed E-state index contributed by atoms with van der Waals surface area (Å²) >= 11 is 0. The number of pyridine rings is 1. The Morgan fingerprint density at radius 2 is 2.07 bits per heavy atom. The average molecular weight is 365 g/mol. The molecule has 1 aromatic carbocycles. The number of hydrogen-bond acceptors (Lipinski definition) is 4. The smallest absolute Gasteiger partial charge is 0.264 e. The number of benzene rings is 1. The Morgan fingerprint density at radius 3 is 2.85 bits per heavy atom.